The van der Waals surface area contributed by atoms with E-state index in [2.05, 4.69) is 4.98 Å². The van der Waals surface area contributed by atoms with E-state index in [1.807, 2.05) is 48.7 Å². The minimum Gasteiger partial charge on any atom is -0.322 e. The molecule has 0 aliphatic rings. The van der Waals surface area contributed by atoms with Gasteiger partial charge in [0.25, 0.3) is 5.56 Å². The van der Waals surface area contributed by atoms with Gasteiger partial charge in [-0.3, -0.25) is 9.36 Å². The molecular weight excluding hydrogens is 258 g/mol. The predicted molar refractivity (Wildman–Crippen MR) is 77.8 cm³/mol. The van der Waals surface area contributed by atoms with Crippen molar-refractivity contribution < 1.29 is 0 Å². The van der Waals surface area contributed by atoms with Crippen LogP contribution >= 0.6 is 11.3 Å². The summed E-state index contributed by atoms with van der Waals surface area (Å²) < 4.78 is 2.26. The van der Waals surface area contributed by atoms with E-state index < -0.39 is 0 Å². The second kappa shape index (κ2) is 4.60. The topological polar surface area (TPSA) is 60.9 Å². The lowest BCUT2D eigenvalue weighted by Crippen LogP contribution is -2.26. The average Bonchev–Trinajstić information content (AvgIpc) is 2.88. The molecule has 0 fully saturated rings. The Balaban J connectivity index is 2.41. The third-order valence-corrected chi connectivity index (χ3v) is 3.82. The molecule has 0 amide bonds. The van der Waals surface area contributed by atoms with Crippen LogP contribution in [0.15, 0.2) is 46.6 Å². The fourth-order valence-corrected chi connectivity index (χ4v) is 2.82. The Morgan fingerprint density at radius 2 is 2.00 bits per heavy atom. The Morgan fingerprint density at radius 1 is 1.26 bits per heavy atom. The van der Waals surface area contributed by atoms with Crippen LogP contribution in [0.2, 0.25) is 0 Å². The van der Waals surface area contributed by atoms with E-state index in [0.717, 1.165) is 11.2 Å². The van der Waals surface area contributed by atoms with Crippen molar-refractivity contribution in [3.8, 4) is 5.69 Å². The smallest absolute Gasteiger partial charge is 0.276 e. The molecule has 1 atom stereocenters. The number of thiophene rings is 1. The molecule has 4 nitrogen and oxygen atoms in total. The fourth-order valence-electron chi connectivity index (χ4n) is 2.06. The van der Waals surface area contributed by atoms with Crippen molar-refractivity contribution in [1.82, 2.24) is 9.55 Å². The van der Waals surface area contributed by atoms with Gasteiger partial charge in [-0.25, -0.2) is 4.98 Å². The van der Waals surface area contributed by atoms with Gasteiger partial charge in [-0.15, -0.1) is 11.3 Å². The highest BCUT2D eigenvalue weighted by atomic mass is 32.1. The Kier molecular flexibility index (Phi) is 2.93. The zero-order chi connectivity index (χ0) is 13.4. The molecule has 5 heteroatoms. The van der Waals surface area contributed by atoms with E-state index in [4.69, 9.17) is 5.73 Å². The molecule has 3 rings (SSSR count). The van der Waals surface area contributed by atoms with Gasteiger partial charge in [-0.05, 0) is 30.5 Å². The molecule has 19 heavy (non-hydrogen) atoms. The van der Waals surface area contributed by atoms with Crippen LogP contribution in [0.25, 0.3) is 15.9 Å². The predicted octanol–water partition coefficient (Wildman–Crippen LogP) is 2.47. The van der Waals surface area contributed by atoms with Crippen molar-refractivity contribution in [2.24, 2.45) is 5.73 Å². The third kappa shape index (κ3) is 1.97. The van der Waals surface area contributed by atoms with Crippen LogP contribution in [-0.4, -0.2) is 9.55 Å². The zero-order valence-electron chi connectivity index (χ0n) is 10.4. The highest BCUT2D eigenvalue weighted by Gasteiger charge is 2.15. The normalized spacial score (nSPS) is 12.7. The largest absolute Gasteiger partial charge is 0.322 e. The molecule has 0 saturated carbocycles. The first-order valence-electron chi connectivity index (χ1n) is 5.99. The molecule has 0 bridgehead atoms. The standard InChI is InChI=1S/C14H13N3OS/c1-9(15)13-16-11-7-8-19-12(11)14(18)17(13)10-5-3-2-4-6-10/h2-9H,15H2,1H3. The lowest BCUT2D eigenvalue weighted by molar-refractivity contribution is 0.697. The van der Waals surface area contributed by atoms with Gasteiger partial charge in [0.2, 0.25) is 0 Å². The van der Waals surface area contributed by atoms with Gasteiger partial charge >= 0.3 is 0 Å². The molecular formula is C14H13N3OS. The fraction of sp³-hybridized carbons (Fsp3) is 0.143. The number of aromatic nitrogens is 2. The number of fused-ring (bicyclic) bond motifs is 1. The van der Waals surface area contributed by atoms with E-state index in [0.29, 0.717) is 10.5 Å². The maximum Gasteiger partial charge on any atom is 0.276 e. The number of hydrogen-bond acceptors (Lipinski definition) is 4. The van der Waals surface area contributed by atoms with Crippen molar-refractivity contribution in [2.75, 3.05) is 0 Å². The number of para-hydroxylation sites is 1. The molecule has 0 aliphatic heterocycles. The molecule has 1 unspecified atom stereocenters. The first-order valence-corrected chi connectivity index (χ1v) is 6.87. The van der Waals surface area contributed by atoms with Crippen molar-refractivity contribution in [2.45, 2.75) is 13.0 Å². The van der Waals surface area contributed by atoms with Gasteiger partial charge in [0.15, 0.2) is 0 Å². The quantitative estimate of drug-likeness (QED) is 0.779. The summed E-state index contributed by atoms with van der Waals surface area (Å²) in [5, 5.41) is 1.87. The first kappa shape index (κ1) is 12.1. The Hall–Kier alpha value is -1.98. The monoisotopic (exact) mass is 271 g/mol. The average molecular weight is 271 g/mol. The van der Waals surface area contributed by atoms with Crippen molar-refractivity contribution in [3.63, 3.8) is 0 Å². The number of rotatable bonds is 2. The summed E-state index contributed by atoms with van der Waals surface area (Å²) in [4.78, 5) is 17.1. The highest BCUT2D eigenvalue weighted by Crippen LogP contribution is 2.19. The van der Waals surface area contributed by atoms with Gasteiger partial charge in [-0.2, -0.15) is 0 Å². The summed E-state index contributed by atoms with van der Waals surface area (Å²) in [6.07, 6.45) is 0. The Morgan fingerprint density at radius 3 is 2.68 bits per heavy atom. The molecule has 3 aromatic rings. The second-order valence-electron chi connectivity index (χ2n) is 4.37. The molecule has 96 valence electrons. The molecule has 2 heterocycles. The minimum absolute atomic E-state index is 0.0569. The van der Waals surface area contributed by atoms with Crippen molar-refractivity contribution in [1.29, 1.82) is 0 Å². The number of nitrogens with zero attached hydrogens (tertiary/aromatic N) is 2. The van der Waals surface area contributed by atoms with Gasteiger partial charge < -0.3 is 5.73 Å². The number of hydrogen-bond donors (Lipinski definition) is 1. The Bertz CT molecular complexity index is 774. The maximum absolute atomic E-state index is 12.6. The lowest BCUT2D eigenvalue weighted by atomic mass is 10.2. The van der Waals surface area contributed by atoms with Crippen LogP contribution in [0.3, 0.4) is 0 Å². The van der Waals surface area contributed by atoms with Crippen LogP contribution in [0, 0.1) is 0 Å². The summed E-state index contributed by atoms with van der Waals surface area (Å²) in [6.45, 7) is 1.83. The maximum atomic E-state index is 12.6. The number of benzene rings is 1. The van der Waals surface area contributed by atoms with E-state index in [9.17, 15) is 4.79 Å². The van der Waals surface area contributed by atoms with Gasteiger partial charge in [0.1, 0.15) is 10.5 Å². The second-order valence-corrected chi connectivity index (χ2v) is 5.29. The molecule has 2 N–H and O–H groups in total. The van der Waals surface area contributed by atoms with Gasteiger partial charge in [0.05, 0.1) is 17.2 Å². The molecule has 0 spiro atoms. The van der Waals surface area contributed by atoms with Crippen LogP contribution in [0.4, 0.5) is 0 Å². The van der Waals surface area contributed by atoms with E-state index in [1.54, 1.807) is 4.57 Å². The van der Waals surface area contributed by atoms with Crippen LogP contribution in [0.1, 0.15) is 18.8 Å². The summed E-state index contributed by atoms with van der Waals surface area (Å²) in [5.74, 6) is 0.585. The van der Waals surface area contributed by atoms with Crippen molar-refractivity contribution >= 4 is 21.6 Å². The van der Waals surface area contributed by atoms with Gasteiger partial charge in [-0.1, -0.05) is 18.2 Å². The van der Waals surface area contributed by atoms with Crippen LogP contribution in [0.5, 0.6) is 0 Å². The minimum atomic E-state index is -0.308. The van der Waals surface area contributed by atoms with E-state index in [1.165, 1.54) is 11.3 Å². The van der Waals surface area contributed by atoms with Gasteiger partial charge in [0, 0.05) is 0 Å². The third-order valence-electron chi connectivity index (χ3n) is 2.93. The molecule has 0 radical (unpaired) electrons. The molecule has 0 saturated heterocycles. The SMILES string of the molecule is CC(N)c1nc2ccsc2c(=O)n1-c1ccccc1. The van der Waals surface area contributed by atoms with E-state index >= 15 is 0 Å². The summed E-state index contributed by atoms with van der Waals surface area (Å²) in [5.41, 5.74) is 7.42. The van der Waals surface area contributed by atoms with E-state index in [-0.39, 0.29) is 11.6 Å². The lowest BCUT2D eigenvalue weighted by Gasteiger charge is -2.14. The number of nitrogens with two attached hydrogens (primary N) is 1. The molecule has 0 aliphatic carbocycles. The summed E-state index contributed by atoms with van der Waals surface area (Å²) in [7, 11) is 0. The molecule has 1 aromatic carbocycles. The van der Waals surface area contributed by atoms with Crippen molar-refractivity contribution in [3.05, 3.63) is 58.0 Å². The van der Waals surface area contributed by atoms with Crippen LogP contribution in [-0.2, 0) is 0 Å². The molecule has 2 aromatic heterocycles. The Labute approximate surface area is 114 Å². The summed E-state index contributed by atoms with van der Waals surface area (Å²) >= 11 is 1.41. The zero-order valence-corrected chi connectivity index (χ0v) is 11.2. The highest BCUT2D eigenvalue weighted by molar-refractivity contribution is 7.17. The summed E-state index contributed by atoms with van der Waals surface area (Å²) in [6, 6.07) is 11.0. The van der Waals surface area contributed by atoms with Crippen LogP contribution < -0.4 is 11.3 Å². The first-order chi connectivity index (χ1) is 9.18.